The van der Waals surface area contributed by atoms with Gasteiger partial charge in [0, 0.05) is 5.56 Å². The molecule has 0 saturated heterocycles. The first-order valence-electron chi connectivity index (χ1n) is 7.95. The summed E-state index contributed by atoms with van der Waals surface area (Å²) in [5.74, 6) is -0.825. The number of anilines is 2. The molecule has 3 rings (SSSR count). The molecule has 3 aromatic carbocycles. The maximum Gasteiger partial charge on any atom is 0.339 e. The molecule has 0 aliphatic carbocycles. The number of ether oxygens (including phenoxy) is 1. The molecule has 3 aromatic rings. The number of amides is 1. The molecular weight excluding hydrogens is 350 g/mol. The number of methoxy groups -OCH3 is 1. The summed E-state index contributed by atoms with van der Waals surface area (Å²) in [7, 11) is 1.30. The van der Waals surface area contributed by atoms with Gasteiger partial charge in [0.1, 0.15) is 0 Å². The second-order valence-electron chi connectivity index (χ2n) is 5.47. The van der Waals surface area contributed by atoms with Crippen molar-refractivity contribution in [2.75, 3.05) is 12.0 Å². The van der Waals surface area contributed by atoms with Crippen LogP contribution >= 0.6 is 11.6 Å². The highest BCUT2D eigenvalue weighted by Gasteiger charge is 2.26. The van der Waals surface area contributed by atoms with E-state index in [1.54, 1.807) is 72.8 Å². The number of esters is 1. The Bertz CT molecular complexity index is 941. The number of rotatable bonds is 4. The summed E-state index contributed by atoms with van der Waals surface area (Å²) in [4.78, 5) is 26.9. The van der Waals surface area contributed by atoms with Gasteiger partial charge < -0.3 is 4.74 Å². The molecular formula is C21H16ClNO3. The SMILES string of the molecule is COC(=O)c1ccccc1N(C(=O)c1ccccc1)c1ccccc1Cl. The lowest BCUT2D eigenvalue weighted by atomic mass is 10.1. The van der Waals surface area contributed by atoms with Crippen LogP contribution < -0.4 is 4.90 Å². The minimum absolute atomic E-state index is 0.277. The van der Waals surface area contributed by atoms with E-state index in [-0.39, 0.29) is 11.5 Å². The molecule has 0 N–H and O–H groups in total. The highest BCUT2D eigenvalue weighted by molar-refractivity contribution is 6.34. The van der Waals surface area contributed by atoms with Crippen molar-refractivity contribution in [2.45, 2.75) is 0 Å². The topological polar surface area (TPSA) is 46.6 Å². The van der Waals surface area contributed by atoms with E-state index in [0.717, 1.165) is 0 Å². The summed E-state index contributed by atoms with van der Waals surface area (Å²) in [6.45, 7) is 0. The molecule has 0 aromatic heterocycles. The lowest BCUT2D eigenvalue weighted by Gasteiger charge is -2.25. The molecule has 0 unspecified atom stereocenters. The Hall–Kier alpha value is -3.11. The summed E-state index contributed by atoms with van der Waals surface area (Å²) in [6.07, 6.45) is 0. The maximum atomic E-state index is 13.3. The Balaban J connectivity index is 2.22. The van der Waals surface area contributed by atoms with Crippen molar-refractivity contribution in [3.8, 4) is 0 Å². The Morgan fingerprint density at radius 3 is 2.04 bits per heavy atom. The molecule has 0 aliphatic rings. The highest BCUT2D eigenvalue weighted by Crippen LogP contribution is 2.35. The summed E-state index contributed by atoms with van der Waals surface area (Å²) < 4.78 is 4.87. The van der Waals surface area contributed by atoms with Gasteiger partial charge in [-0.1, -0.05) is 54.1 Å². The fourth-order valence-electron chi connectivity index (χ4n) is 2.64. The van der Waals surface area contributed by atoms with Crippen molar-refractivity contribution in [3.05, 3.63) is 95.0 Å². The number of halogens is 1. The lowest BCUT2D eigenvalue weighted by Crippen LogP contribution is -2.28. The minimum Gasteiger partial charge on any atom is -0.465 e. The standard InChI is InChI=1S/C21H16ClNO3/c1-26-21(25)16-11-5-7-13-18(16)23(19-14-8-6-12-17(19)22)20(24)15-9-3-2-4-10-15/h2-14H,1H3. The zero-order valence-electron chi connectivity index (χ0n) is 14.1. The van der Waals surface area contributed by atoms with Gasteiger partial charge in [0.25, 0.3) is 5.91 Å². The van der Waals surface area contributed by atoms with Crippen molar-refractivity contribution >= 4 is 34.9 Å². The molecule has 1 amide bonds. The van der Waals surface area contributed by atoms with Gasteiger partial charge in [-0.3, -0.25) is 9.69 Å². The lowest BCUT2D eigenvalue weighted by molar-refractivity contribution is 0.0601. The molecule has 0 bridgehead atoms. The third-order valence-electron chi connectivity index (χ3n) is 3.87. The van der Waals surface area contributed by atoms with Gasteiger partial charge in [-0.15, -0.1) is 0 Å². The molecule has 130 valence electrons. The predicted octanol–water partition coefficient (Wildman–Crippen LogP) is 5.11. The average Bonchev–Trinajstić information content (AvgIpc) is 2.70. The largest absolute Gasteiger partial charge is 0.465 e. The van der Waals surface area contributed by atoms with Gasteiger partial charge in [0.05, 0.1) is 29.1 Å². The molecule has 0 fully saturated rings. The van der Waals surface area contributed by atoms with E-state index < -0.39 is 5.97 Å². The van der Waals surface area contributed by atoms with Gasteiger partial charge >= 0.3 is 5.97 Å². The molecule has 0 saturated carbocycles. The van der Waals surface area contributed by atoms with Gasteiger partial charge in [-0.25, -0.2) is 4.79 Å². The second kappa shape index (κ2) is 7.85. The number of hydrogen-bond donors (Lipinski definition) is 0. The zero-order valence-corrected chi connectivity index (χ0v) is 14.8. The van der Waals surface area contributed by atoms with Crippen LogP contribution in [-0.4, -0.2) is 19.0 Å². The van der Waals surface area contributed by atoms with E-state index in [4.69, 9.17) is 16.3 Å². The Morgan fingerprint density at radius 2 is 1.38 bits per heavy atom. The third kappa shape index (κ3) is 3.46. The van der Waals surface area contributed by atoms with Crippen molar-refractivity contribution in [1.29, 1.82) is 0 Å². The number of carbonyl (C=O) groups excluding carboxylic acids is 2. The number of nitrogens with zero attached hydrogens (tertiary/aromatic N) is 1. The Kier molecular flexibility index (Phi) is 5.34. The summed E-state index contributed by atoms with van der Waals surface area (Å²) in [6, 6.07) is 22.6. The van der Waals surface area contributed by atoms with Gasteiger partial charge in [-0.05, 0) is 36.4 Å². The first-order valence-corrected chi connectivity index (χ1v) is 8.32. The molecule has 0 spiro atoms. The Labute approximate surface area is 156 Å². The highest BCUT2D eigenvalue weighted by atomic mass is 35.5. The van der Waals surface area contributed by atoms with E-state index >= 15 is 0 Å². The smallest absolute Gasteiger partial charge is 0.339 e. The van der Waals surface area contributed by atoms with Crippen LogP contribution in [0.1, 0.15) is 20.7 Å². The average molecular weight is 366 g/mol. The van der Waals surface area contributed by atoms with Crippen LogP contribution in [0.5, 0.6) is 0 Å². The second-order valence-corrected chi connectivity index (χ2v) is 5.87. The van der Waals surface area contributed by atoms with E-state index in [0.29, 0.717) is 22.0 Å². The molecule has 0 heterocycles. The molecule has 0 atom stereocenters. The molecule has 26 heavy (non-hydrogen) atoms. The normalized spacial score (nSPS) is 10.2. The first-order chi connectivity index (χ1) is 12.6. The number of benzene rings is 3. The number of hydrogen-bond acceptors (Lipinski definition) is 3. The number of para-hydroxylation sites is 2. The molecule has 5 heteroatoms. The fourth-order valence-corrected chi connectivity index (χ4v) is 2.86. The van der Waals surface area contributed by atoms with E-state index in [1.165, 1.54) is 12.0 Å². The van der Waals surface area contributed by atoms with Crippen molar-refractivity contribution in [1.82, 2.24) is 0 Å². The van der Waals surface area contributed by atoms with Crippen LogP contribution in [-0.2, 0) is 4.74 Å². The minimum atomic E-state index is -0.529. The van der Waals surface area contributed by atoms with Crippen LogP contribution in [0.4, 0.5) is 11.4 Å². The van der Waals surface area contributed by atoms with Crippen LogP contribution in [0.25, 0.3) is 0 Å². The first kappa shape index (κ1) is 17.7. The summed E-state index contributed by atoms with van der Waals surface area (Å²) in [5, 5.41) is 0.399. The molecule has 0 radical (unpaired) electrons. The van der Waals surface area contributed by atoms with E-state index in [2.05, 4.69) is 0 Å². The van der Waals surface area contributed by atoms with E-state index in [1.807, 2.05) is 6.07 Å². The maximum absolute atomic E-state index is 13.3. The monoisotopic (exact) mass is 365 g/mol. The van der Waals surface area contributed by atoms with Crippen LogP contribution in [0.15, 0.2) is 78.9 Å². The van der Waals surface area contributed by atoms with Crippen molar-refractivity contribution < 1.29 is 14.3 Å². The van der Waals surface area contributed by atoms with Crippen molar-refractivity contribution in [2.24, 2.45) is 0 Å². The predicted molar refractivity (Wildman–Crippen MR) is 102 cm³/mol. The third-order valence-corrected chi connectivity index (χ3v) is 4.19. The summed E-state index contributed by atoms with van der Waals surface area (Å²) in [5.41, 5.74) is 1.65. The van der Waals surface area contributed by atoms with Crippen LogP contribution in [0.2, 0.25) is 5.02 Å². The Morgan fingerprint density at radius 1 is 0.808 bits per heavy atom. The van der Waals surface area contributed by atoms with Gasteiger partial charge in [0.2, 0.25) is 0 Å². The van der Waals surface area contributed by atoms with E-state index in [9.17, 15) is 9.59 Å². The molecule has 0 aliphatic heterocycles. The van der Waals surface area contributed by atoms with Gasteiger partial charge in [0.15, 0.2) is 0 Å². The van der Waals surface area contributed by atoms with Crippen LogP contribution in [0, 0.1) is 0 Å². The fraction of sp³-hybridized carbons (Fsp3) is 0.0476. The van der Waals surface area contributed by atoms with Crippen molar-refractivity contribution in [3.63, 3.8) is 0 Å². The molecule has 4 nitrogen and oxygen atoms in total. The zero-order chi connectivity index (χ0) is 18.5. The van der Waals surface area contributed by atoms with Gasteiger partial charge in [-0.2, -0.15) is 0 Å². The number of carbonyl (C=O) groups is 2. The van der Waals surface area contributed by atoms with Crippen LogP contribution in [0.3, 0.4) is 0 Å². The quantitative estimate of drug-likeness (QED) is 0.604. The summed E-state index contributed by atoms with van der Waals surface area (Å²) >= 11 is 6.36.